The summed E-state index contributed by atoms with van der Waals surface area (Å²) in [6, 6.07) is 2.07. The number of Topliss-reactive ketones (excluding diaryl/α,β-unsaturated/α-hetero) is 1. The highest BCUT2D eigenvalue weighted by Crippen LogP contribution is 2.92. The summed E-state index contributed by atoms with van der Waals surface area (Å²) in [5.41, 5.74) is 0.864. The lowest BCUT2D eigenvalue weighted by Gasteiger charge is -2.70. The molecule has 2 N–H and O–H groups in total. The molecule has 8 aliphatic rings. The number of aromatic nitrogens is 2. The fourth-order valence-corrected chi connectivity index (χ4v) is 9.86. The standard InChI is InChI=1S/C21H23N3O2/c25-19-15-10-5-11-16-14(10)18(19)21(16,17(11)15)20(26)22-13-6-12(23-24-13)9-4-7-1-2-8(9)3-7/h6-11,14-18H,1-5H2,(H2,22,23,24,26). The molecule has 8 aliphatic carbocycles. The van der Waals surface area contributed by atoms with Crippen LogP contribution < -0.4 is 5.32 Å². The maximum Gasteiger partial charge on any atom is 0.233 e. The Balaban J connectivity index is 1.08. The van der Waals surface area contributed by atoms with Crippen LogP contribution in [0.4, 0.5) is 5.82 Å². The van der Waals surface area contributed by atoms with Crippen molar-refractivity contribution in [2.45, 2.75) is 38.0 Å². The maximum atomic E-state index is 13.3. The maximum absolute atomic E-state index is 13.3. The third kappa shape index (κ3) is 1.10. The largest absolute Gasteiger partial charge is 0.309 e. The minimum absolute atomic E-state index is 0.0511. The number of anilines is 1. The Morgan fingerprint density at radius 2 is 2.12 bits per heavy atom. The van der Waals surface area contributed by atoms with Crippen LogP contribution in [0.15, 0.2) is 6.07 Å². The van der Waals surface area contributed by atoms with Crippen LogP contribution in [0.3, 0.4) is 0 Å². The normalized spacial score (nSPS) is 58.4. The van der Waals surface area contributed by atoms with Gasteiger partial charge >= 0.3 is 0 Å². The molecule has 6 bridgehead atoms. The van der Waals surface area contributed by atoms with Crippen LogP contribution in [-0.4, -0.2) is 21.9 Å². The number of hydrogen-bond acceptors (Lipinski definition) is 3. The van der Waals surface area contributed by atoms with Crippen molar-refractivity contribution in [2.75, 3.05) is 5.32 Å². The van der Waals surface area contributed by atoms with Crippen LogP contribution in [0.1, 0.15) is 43.7 Å². The van der Waals surface area contributed by atoms with Gasteiger partial charge in [0.25, 0.3) is 0 Å². The van der Waals surface area contributed by atoms with Crippen molar-refractivity contribution in [1.29, 1.82) is 0 Å². The first-order valence-electron chi connectivity index (χ1n) is 10.6. The number of amides is 1. The molecule has 11 atom stereocenters. The first-order chi connectivity index (χ1) is 12.7. The number of nitrogens with one attached hydrogen (secondary N) is 2. The molecule has 26 heavy (non-hydrogen) atoms. The molecular weight excluding hydrogens is 326 g/mol. The number of carbonyl (C=O) groups excluding carboxylic acids is 2. The highest BCUT2D eigenvalue weighted by Gasteiger charge is 2.96. The molecule has 1 amide bonds. The fourth-order valence-electron chi connectivity index (χ4n) is 9.86. The van der Waals surface area contributed by atoms with E-state index in [1.807, 2.05) is 0 Å². The number of H-pyrrole nitrogens is 1. The Morgan fingerprint density at radius 3 is 2.88 bits per heavy atom. The zero-order chi connectivity index (χ0) is 16.9. The number of hydrogen-bond donors (Lipinski definition) is 2. The average molecular weight is 349 g/mol. The van der Waals surface area contributed by atoms with Gasteiger partial charge in [-0.15, -0.1) is 0 Å². The van der Waals surface area contributed by atoms with E-state index in [0.29, 0.717) is 47.1 Å². The van der Waals surface area contributed by atoms with Gasteiger partial charge in [0.15, 0.2) is 5.82 Å². The first-order valence-corrected chi connectivity index (χ1v) is 10.6. The van der Waals surface area contributed by atoms with E-state index < -0.39 is 0 Å². The van der Waals surface area contributed by atoms with Crippen molar-refractivity contribution in [3.8, 4) is 0 Å². The highest BCUT2D eigenvalue weighted by atomic mass is 16.2. The van der Waals surface area contributed by atoms with Crippen LogP contribution in [0.25, 0.3) is 0 Å². The molecule has 5 nitrogen and oxygen atoms in total. The van der Waals surface area contributed by atoms with E-state index in [2.05, 4.69) is 21.6 Å². The van der Waals surface area contributed by atoms with Gasteiger partial charge in [0.05, 0.1) is 5.41 Å². The number of carbonyl (C=O) groups is 2. The van der Waals surface area contributed by atoms with E-state index in [9.17, 15) is 9.59 Å². The van der Waals surface area contributed by atoms with E-state index in [0.717, 1.165) is 11.8 Å². The van der Waals surface area contributed by atoms with E-state index in [4.69, 9.17) is 0 Å². The smallest absolute Gasteiger partial charge is 0.233 e. The summed E-state index contributed by atoms with van der Waals surface area (Å²) in [6.45, 7) is 0. The summed E-state index contributed by atoms with van der Waals surface area (Å²) in [6.07, 6.45) is 6.60. The lowest BCUT2D eigenvalue weighted by atomic mass is 9.31. The van der Waals surface area contributed by atoms with Crippen LogP contribution in [0.2, 0.25) is 0 Å². The fraction of sp³-hybridized carbons (Fsp3) is 0.762. The number of nitrogens with zero attached hydrogens (tertiary/aromatic N) is 1. The molecule has 0 aliphatic heterocycles. The van der Waals surface area contributed by atoms with E-state index in [1.165, 1.54) is 37.8 Å². The van der Waals surface area contributed by atoms with Gasteiger partial charge in [0.2, 0.25) is 5.91 Å². The summed E-state index contributed by atoms with van der Waals surface area (Å²) in [5, 5.41) is 10.7. The van der Waals surface area contributed by atoms with Crippen molar-refractivity contribution >= 4 is 17.5 Å². The van der Waals surface area contributed by atoms with Gasteiger partial charge in [-0.25, -0.2) is 0 Å². The van der Waals surface area contributed by atoms with Gasteiger partial charge < -0.3 is 5.32 Å². The molecule has 1 aromatic heterocycles. The average Bonchev–Trinajstić information content (AvgIpc) is 3.40. The van der Waals surface area contributed by atoms with Gasteiger partial charge in [-0.2, -0.15) is 5.10 Å². The summed E-state index contributed by atoms with van der Waals surface area (Å²) in [5.74, 6) is 6.53. The molecule has 8 saturated carbocycles. The summed E-state index contributed by atoms with van der Waals surface area (Å²) >= 11 is 0. The zero-order valence-electron chi connectivity index (χ0n) is 14.7. The molecule has 8 fully saturated rings. The molecular formula is C21H23N3O2. The van der Waals surface area contributed by atoms with Crippen LogP contribution in [0.5, 0.6) is 0 Å². The Labute approximate surface area is 151 Å². The van der Waals surface area contributed by atoms with Gasteiger partial charge in [0, 0.05) is 29.5 Å². The molecule has 0 saturated heterocycles. The Bertz CT molecular complexity index is 907. The monoisotopic (exact) mass is 349 g/mol. The van der Waals surface area contributed by atoms with E-state index in [-0.39, 0.29) is 23.2 Å². The minimum atomic E-state index is -0.338. The second kappa shape index (κ2) is 3.81. The second-order valence-corrected chi connectivity index (χ2v) is 10.5. The van der Waals surface area contributed by atoms with Gasteiger partial charge in [-0.1, -0.05) is 6.42 Å². The van der Waals surface area contributed by atoms with Crippen LogP contribution in [-0.2, 0) is 9.59 Å². The Kier molecular flexibility index (Phi) is 1.98. The Morgan fingerprint density at radius 1 is 1.19 bits per heavy atom. The molecule has 0 spiro atoms. The molecule has 11 unspecified atom stereocenters. The Hall–Kier alpha value is -1.65. The van der Waals surface area contributed by atoms with Crippen LogP contribution >= 0.6 is 0 Å². The quantitative estimate of drug-likeness (QED) is 0.881. The highest BCUT2D eigenvalue weighted by molar-refractivity contribution is 6.08. The second-order valence-electron chi connectivity index (χ2n) is 10.5. The van der Waals surface area contributed by atoms with E-state index in [1.54, 1.807) is 0 Å². The van der Waals surface area contributed by atoms with Crippen molar-refractivity contribution in [1.82, 2.24) is 10.2 Å². The molecule has 0 radical (unpaired) electrons. The third-order valence-electron chi connectivity index (χ3n) is 10.2. The summed E-state index contributed by atoms with van der Waals surface area (Å²) in [4.78, 5) is 25.9. The minimum Gasteiger partial charge on any atom is -0.309 e. The van der Waals surface area contributed by atoms with Gasteiger partial charge in [-0.3, -0.25) is 14.7 Å². The molecule has 134 valence electrons. The number of aromatic amines is 1. The van der Waals surface area contributed by atoms with Crippen LogP contribution in [0, 0.1) is 58.7 Å². The zero-order valence-corrected chi connectivity index (χ0v) is 14.7. The number of ketones is 1. The molecule has 1 heterocycles. The topological polar surface area (TPSA) is 74.8 Å². The number of fused-ring (bicyclic) bond motifs is 2. The lowest BCUT2D eigenvalue weighted by Crippen LogP contribution is -2.74. The van der Waals surface area contributed by atoms with Gasteiger partial charge in [-0.05, 0) is 67.1 Å². The van der Waals surface area contributed by atoms with Gasteiger partial charge in [0.1, 0.15) is 5.78 Å². The molecule has 9 rings (SSSR count). The van der Waals surface area contributed by atoms with Crippen molar-refractivity contribution in [2.24, 2.45) is 58.7 Å². The summed E-state index contributed by atoms with van der Waals surface area (Å²) in [7, 11) is 0. The van der Waals surface area contributed by atoms with Crippen molar-refractivity contribution < 1.29 is 9.59 Å². The first kappa shape index (κ1) is 13.5. The number of rotatable bonds is 3. The molecule has 0 aromatic carbocycles. The third-order valence-corrected chi connectivity index (χ3v) is 10.2. The lowest BCUT2D eigenvalue weighted by molar-refractivity contribution is -0.245. The SMILES string of the molecule is O=C1C2C3CC4C2C2(C(=O)Nc5cc(C6CC7CCC6C7)[nH]n5)C1C3C42. The predicted molar refractivity (Wildman–Crippen MR) is 91.9 cm³/mol. The van der Waals surface area contributed by atoms with E-state index >= 15 is 0 Å². The van der Waals surface area contributed by atoms with Crippen molar-refractivity contribution in [3.63, 3.8) is 0 Å². The van der Waals surface area contributed by atoms with Crippen molar-refractivity contribution in [3.05, 3.63) is 11.8 Å². The predicted octanol–water partition coefficient (Wildman–Crippen LogP) is 2.58. The molecule has 1 aromatic rings. The molecule has 5 heteroatoms. The summed E-state index contributed by atoms with van der Waals surface area (Å²) < 4.78 is 0.